The molecule has 0 saturated carbocycles. The zero-order valence-corrected chi connectivity index (χ0v) is 25.0. The molecule has 3 aromatic rings. The number of rotatable bonds is 12. The minimum Gasteiger partial charge on any atom is -0.497 e. The number of hydrogen-bond acceptors (Lipinski definition) is 5. The van der Waals surface area contributed by atoms with Crippen LogP contribution in [0.3, 0.4) is 0 Å². The molecule has 0 unspecified atom stereocenters. The lowest BCUT2D eigenvalue weighted by Crippen LogP contribution is -2.51. The van der Waals surface area contributed by atoms with Gasteiger partial charge < -0.3 is 15.0 Å². The Kier molecular flexibility index (Phi) is 10.6. The molecule has 0 aromatic heterocycles. The van der Waals surface area contributed by atoms with Gasteiger partial charge in [0, 0.05) is 18.1 Å². The first kappa shape index (κ1) is 31.0. The summed E-state index contributed by atoms with van der Waals surface area (Å²) in [6, 6.07) is 19.0. The van der Waals surface area contributed by atoms with E-state index in [0.29, 0.717) is 28.6 Å². The van der Waals surface area contributed by atoms with Gasteiger partial charge in [0.15, 0.2) is 0 Å². The van der Waals surface area contributed by atoms with Crippen molar-refractivity contribution in [2.75, 3.05) is 24.5 Å². The van der Waals surface area contributed by atoms with Crippen molar-refractivity contribution in [3.63, 3.8) is 0 Å². The summed E-state index contributed by atoms with van der Waals surface area (Å²) < 4.78 is 34.0. The summed E-state index contributed by atoms with van der Waals surface area (Å²) in [5.41, 5.74) is 1.98. The van der Waals surface area contributed by atoms with Crippen molar-refractivity contribution in [2.45, 2.75) is 45.2 Å². The highest BCUT2D eigenvalue weighted by Gasteiger charge is 2.32. The van der Waals surface area contributed by atoms with Gasteiger partial charge in [-0.15, -0.1) is 0 Å². The second kappa shape index (κ2) is 13.7. The lowest BCUT2D eigenvalue weighted by Gasteiger charge is -2.32. The monoisotopic (exact) mass is 585 g/mol. The van der Waals surface area contributed by atoms with Crippen LogP contribution < -0.4 is 14.4 Å². The molecule has 1 atom stereocenters. The number of ether oxygens (including phenoxy) is 1. The van der Waals surface area contributed by atoms with Crippen molar-refractivity contribution in [3.05, 3.63) is 88.9 Å². The predicted octanol–water partition coefficient (Wildman–Crippen LogP) is 5.04. The molecule has 1 N–H and O–H groups in total. The Morgan fingerprint density at radius 3 is 2.20 bits per heavy atom. The van der Waals surface area contributed by atoms with E-state index in [2.05, 4.69) is 5.32 Å². The van der Waals surface area contributed by atoms with Crippen molar-refractivity contribution in [3.8, 4) is 5.75 Å². The number of methoxy groups -OCH3 is 1. The third-order valence-electron chi connectivity index (χ3n) is 6.34. The number of hydrogen-bond donors (Lipinski definition) is 1. The van der Waals surface area contributed by atoms with E-state index in [9.17, 15) is 18.0 Å². The largest absolute Gasteiger partial charge is 0.497 e. The van der Waals surface area contributed by atoms with Gasteiger partial charge in [0.2, 0.25) is 11.8 Å². The van der Waals surface area contributed by atoms with Gasteiger partial charge in [-0.2, -0.15) is 0 Å². The van der Waals surface area contributed by atoms with Crippen molar-refractivity contribution in [2.24, 2.45) is 5.92 Å². The number of halogens is 1. The van der Waals surface area contributed by atoms with E-state index in [1.807, 2.05) is 20.8 Å². The number of aryl methyl sites for hydroxylation is 1. The fourth-order valence-corrected chi connectivity index (χ4v) is 5.61. The predicted molar refractivity (Wildman–Crippen MR) is 158 cm³/mol. The van der Waals surface area contributed by atoms with E-state index in [1.54, 1.807) is 67.6 Å². The second-order valence-corrected chi connectivity index (χ2v) is 12.3. The minimum atomic E-state index is -4.16. The van der Waals surface area contributed by atoms with Gasteiger partial charge in [-0.05, 0) is 73.9 Å². The Balaban J connectivity index is 2.01. The van der Waals surface area contributed by atoms with E-state index in [0.717, 1.165) is 9.87 Å². The minimum absolute atomic E-state index is 0.00536. The van der Waals surface area contributed by atoms with Crippen LogP contribution >= 0.6 is 11.6 Å². The second-order valence-electron chi connectivity index (χ2n) is 9.99. The Morgan fingerprint density at radius 2 is 1.62 bits per heavy atom. The smallest absolute Gasteiger partial charge is 0.264 e. The maximum Gasteiger partial charge on any atom is 0.264 e. The summed E-state index contributed by atoms with van der Waals surface area (Å²) in [5, 5.41) is 3.36. The average molecular weight is 586 g/mol. The molecule has 3 aromatic carbocycles. The number of nitrogens with zero attached hydrogens (tertiary/aromatic N) is 2. The SMILES string of the molecule is COc1ccc(S(=O)(=O)N(CC(=O)N(Cc2cccc(Cl)c2)[C@H](C)C(=O)NCC(C)C)c2ccc(C)cc2)cc1. The summed E-state index contributed by atoms with van der Waals surface area (Å²) in [4.78, 5) is 28.4. The van der Waals surface area contributed by atoms with Gasteiger partial charge in [-0.25, -0.2) is 8.42 Å². The Hall–Kier alpha value is -3.56. The molecule has 0 aliphatic rings. The molecule has 2 amide bonds. The molecule has 0 spiro atoms. The average Bonchev–Trinajstić information content (AvgIpc) is 2.93. The third-order valence-corrected chi connectivity index (χ3v) is 8.37. The van der Waals surface area contributed by atoms with E-state index in [1.165, 1.54) is 24.1 Å². The van der Waals surface area contributed by atoms with E-state index >= 15 is 0 Å². The van der Waals surface area contributed by atoms with Gasteiger partial charge in [-0.3, -0.25) is 13.9 Å². The highest BCUT2D eigenvalue weighted by atomic mass is 35.5. The van der Waals surface area contributed by atoms with Gasteiger partial charge in [-0.1, -0.05) is 55.3 Å². The zero-order chi connectivity index (χ0) is 29.4. The molecule has 214 valence electrons. The van der Waals surface area contributed by atoms with Crippen LogP contribution in [0.4, 0.5) is 5.69 Å². The van der Waals surface area contributed by atoms with Gasteiger partial charge >= 0.3 is 0 Å². The number of sulfonamides is 1. The molecule has 0 bridgehead atoms. The van der Waals surface area contributed by atoms with Crippen molar-refractivity contribution in [1.29, 1.82) is 0 Å². The Bertz CT molecular complexity index is 1410. The van der Waals surface area contributed by atoms with Crippen LogP contribution in [0.1, 0.15) is 31.9 Å². The van der Waals surface area contributed by atoms with Crippen molar-refractivity contribution in [1.82, 2.24) is 10.2 Å². The van der Waals surface area contributed by atoms with Crippen LogP contribution in [0.5, 0.6) is 5.75 Å². The first-order valence-electron chi connectivity index (χ1n) is 13.0. The van der Waals surface area contributed by atoms with E-state index in [4.69, 9.17) is 16.3 Å². The van der Waals surface area contributed by atoms with Crippen molar-refractivity contribution < 1.29 is 22.7 Å². The summed E-state index contributed by atoms with van der Waals surface area (Å²) in [5.74, 6) is -0.139. The molecule has 0 saturated heterocycles. The first-order valence-corrected chi connectivity index (χ1v) is 14.8. The van der Waals surface area contributed by atoms with Gasteiger partial charge in [0.1, 0.15) is 18.3 Å². The summed E-state index contributed by atoms with van der Waals surface area (Å²) in [7, 11) is -2.67. The molecule has 10 heteroatoms. The molecular formula is C30H36ClN3O5S. The van der Waals surface area contributed by atoms with E-state index < -0.39 is 28.5 Å². The lowest BCUT2D eigenvalue weighted by atomic mass is 10.1. The maximum atomic E-state index is 13.9. The van der Waals surface area contributed by atoms with Crippen LogP contribution in [0.25, 0.3) is 0 Å². The lowest BCUT2D eigenvalue weighted by molar-refractivity contribution is -0.139. The molecule has 0 radical (unpaired) electrons. The molecule has 0 aliphatic carbocycles. The van der Waals surface area contributed by atoms with Crippen molar-refractivity contribution >= 4 is 39.1 Å². The standard InChI is InChI=1S/C30H36ClN3O5S/c1-21(2)18-32-30(36)23(4)33(19-24-7-6-8-25(31)17-24)29(35)20-34(26-11-9-22(3)10-12-26)40(37,38)28-15-13-27(39-5)14-16-28/h6-17,21,23H,18-20H2,1-5H3,(H,32,36)/t23-/m1/s1. The molecule has 0 fully saturated rings. The maximum absolute atomic E-state index is 13.9. The summed E-state index contributed by atoms with van der Waals surface area (Å²) >= 11 is 6.18. The fourth-order valence-electron chi connectivity index (χ4n) is 3.98. The number of nitrogens with one attached hydrogen (secondary N) is 1. The molecule has 0 heterocycles. The number of carbonyl (C=O) groups is 2. The fraction of sp³-hybridized carbons (Fsp3) is 0.333. The number of carbonyl (C=O) groups excluding carboxylic acids is 2. The highest BCUT2D eigenvalue weighted by molar-refractivity contribution is 7.92. The van der Waals surface area contributed by atoms with Crippen LogP contribution in [-0.4, -0.2) is 51.4 Å². The molecular weight excluding hydrogens is 550 g/mol. The highest BCUT2D eigenvalue weighted by Crippen LogP contribution is 2.26. The number of amides is 2. The van der Waals surface area contributed by atoms with Crippen LogP contribution in [0, 0.1) is 12.8 Å². The zero-order valence-electron chi connectivity index (χ0n) is 23.4. The summed E-state index contributed by atoms with van der Waals surface area (Å²) in [6.07, 6.45) is 0. The van der Waals surface area contributed by atoms with Gasteiger partial charge in [0.25, 0.3) is 10.0 Å². The molecule has 0 aliphatic heterocycles. The van der Waals surface area contributed by atoms with Gasteiger partial charge in [0.05, 0.1) is 17.7 Å². The van der Waals surface area contributed by atoms with E-state index in [-0.39, 0.29) is 23.3 Å². The number of anilines is 1. The quantitative estimate of drug-likeness (QED) is 0.321. The Labute approximate surface area is 241 Å². The topological polar surface area (TPSA) is 96.0 Å². The summed E-state index contributed by atoms with van der Waals surface area (Å²) in [6.45, 7) is 7.48. The normalized spacial score (nSPS) is 12.1. The van der Waals surface area contributed by atoms with Crippen LogP contribution in [-0.2, 0) is 26.2 Å². The van der Waals surface area contributed by atoms with Crippen LogP contribution in [0.15, 0.2) is 77.7 Å². The van der Waals surface area contributed by atoms with Crippen LogP contribution in [0.2, 0.25) is 5.02 Å². The molecule has 3 rings (SSSR count). The number of benzene rings is 3. The Morgan fingerprint density at radius 1 is 0.975 bits per heavy atom. The molecule has 40 heavy (non-hydrogen) atoms. The molecule has 8 nitrogen and oxygen atoms in total. The third kappa shape index (κ3) is 7.99. The first-order chi connectivity index (χ1) is 18.9.